The summed E-state index contributed by atoms with van der Waals surface area (Å²) in [5.41, 5.74) is 1.25. The van der Waals surface area contributed by atoms with Gasteiger partial charge in [0.25, 0.3) is 0 Å². The SMILES string of the molecule is CCCC1=Nc2[nH]ncc2C(c2cc(F)ccc2F)C1C(=O)OCC. The van der Waals surface area contributed by atoms with E-state index in [0.717, 1.165) is 24.6 Å². The summed E-state index contributed by atoms with van der Waals surface area (Å²) in [6.07, 6.45) is 2.81. The fourth-order valence-electron chi connectivity index (χ4n) is 3.26. The number of ether oxygens (including phenoxy) is 1. The summed E-state index contributed by atoms with van der Waals surface area (Å²) in [5, 5.41) is 6.73. The van der Waals surface area contributed by atoms with Crippen LogP contribution < -0.4 is 0 Å². The zero-order valence-electron chi connectivity index (χ0n) is 14.1. The van der Waals surface area contributed by atoms with Crippen molar-refractivity contribution in [1.29, 1.82) is 0 Å². The number of H-pyrrole nitrogens is 1. The van der Waals surface area contributed by atoms with Crippen molar-refractivity contribution < 1.29 is 18.3 Å². The van der Waals surface area contributed by atoms with E-state index in [1.165, 1.54) is 6.20 Å². The number of nitrogens with one attached hydrogen (secondary N) is 1. The first kappa shape index (κ1) is 17.3. The molecule has 0 saturated carbocycles. The molecule has 1 aliphatic rings. The van der Waals surface area contributed by atoms with Gasteiger partial charge >= 0.3 is 5.97 Å². The van der Waals surface area contributed by atoms with Gasteiger partial charge in [-0.05, 0) is 37.1 Å². The highest BCUT2D eigenvalue weighted by Gasteiger charge is 2.42. The summed E-state index contributed by atoms with van der Waals surface area (Å²) in [5.74, 6) is -2.70. The number of carbonyl (C=O) groups excluding carboxylic acids is 1. The Bertz CT molecular complexity index is 816. The molecule has 0 aliphatic carbocycles. The average Bonchev–Trinajstić information content (AvgIpc) is 3.04. The number of hydrogen-bond acceptors (Lipinski definition) is 4. The molecule has 0 fully saturated rings. The number of nitrogens with zero attached hydrogens (tertiary/aromatic N) is 2. The van der Waals surface area contributed by atoms with E-state index >= 15 is 0 Å². The standard InChI is InChI=1S/C18H19F2N3O2/c1-3-5-14-16(18(24)25-4-2)15(12-9-21-23-17(12)22-14)11-8-10(19)6-7-13(11)20/h6-9,15-16H,3-5H2,1-2H3,(H,21,23). The highest BCUT2D eigenvalue weighted by atomic mass is 19.1. The van der Waals surface area contributed by atoms with Crippen molar-refractivity contribution >= 4 is 17.5 Å². The summed E-state index contributed by atoms with van der Waals surface area (Å²) in [6, 6.07) is 3.24. The van der Waals surface area contributed by atoms with Crippen molar-refractivity contribution in [3.8, 4) is 0 Å². The Morgan fingerprint density at radius 3 is 2.80 bits per heavy atom. The number of esters is 1. The number of aromatic nitrogens is 2. The molecule has 1 aromatic heterocycles. The minimum absolute atomic E-state index is 0.101. The third-order valence-corrected chi connectivity index (χ3v) is 4.27. The monoisotopic (exact) mass is 347 g/mol. The lowest BCUT2D eigenvalue weighted by Gasteiger charge is -2.30. The van der Waals surface area contributed by atoms with Crippen LogP contribution in [0.2, 0.25) is 0 Å². The zero-order valence-corrected chi connectivity index (χ0v) is 14.1. The van der Waals surface area contributed by atoms with Crippen LogP contribution in [0.5, 0.6) is 0 Å². The topological polar surface area (TPSA) is 67.3 Å². The predicted molar refractivity (Wildman–Crippen MR) is 88.9 cm³/mol. The number of benzene rings is 1. The largest absolute Gasteiger partial charge is 0.465 e. The van der Waals surface area contributed by atoms with Crippen LogP contribution in [0.4, 0.5) is 14.6 Å². The van der Waals surface area contributed by atoms with Crippen LogP contribution in [-0.2, 0) is 9.53 Å². The number of aliphatic imine (C=N–C) groups is 1. The van der Waals surface area contributed by atoms with Gasteiger partial charge in [0, 0.05) is 17.2 Å². The summed E-state index contributed by atoms with van der Waals surface area (Å²) in [7, 11) is 0. The van der Waals surface area contributed by atoms with E-state index in [1.807, 2.05) is 6.92 Å². The third-order valence-electron chi connectivity index (χ3n) is 4.27. The second-order valence-electron chi connectivity index (χ2n) is 5.90. The smallest absolute Gasteiger partial charge is 0.315 e. The Labute approximate surface area is 144 Å². The van der Waals surface area contributed by atoms with Crippen molar-refractivity contribution in [2.45, 2.75) is 32.6 Å². The molecule has 0 spiro atoms. The minimum Gasteiger partial charge on any atom is -0.465 e. The van der Waals surface area contributed by atoms with Crippen LogP contribution in [0.25, 0.3) is 0 Å². The fraction of sp³-hybridized carbons (Fsp3) is 0.389. The molecule has 0 radical (unpaired) electrons. The Morgan fingerprint density at radius 2 is 2.08 bits per heavy atom. The lowest BCUT2D eigenvalue weighted by Crippen LogP contribution is -2.35. The average molecular weight is 347 g/mol. The Kier molecular flexibility index (Phi) is 4.92. The first-order chi connectivity index (χ1) is 12.1. The highest BCUT2D eigenvalue weighted by molar-refractivity contribution is 6.06. The van der Waals surface area contributed by atoms with E-state index in [4.69, 9.17) is 4.74 Å². The molecule has 1 N–H and O–H groups in total. The fourth-order valence-corrected chi connectivity index (χ4v) is 3.26. The van der Waals surface area contributed by atoms with Crippen molar-refractivity contribution in [3.05, 3.63) is 47.2 Å². The molecule has 25 heavy (non-hydrogen) atoms. The van der Waals surface area contributed by atoms with Crippen LogP contribution in [0.1, 0.15) is 43.7 Å². The molecule has 1 aromatic carbocycles. The van der Waals surface area contributed by atoms with Crippen LogP contribution in [0.15, 0.2) is 29.4 Å². The molecular weight excluding hydrogens is 328 g/mol. The lowest BCUT2D eigenvalue weighted by molar-refractivity contribution is -0.146. The van der Waals surface area contributed by atoms with Gasteiger partial charge in [0.15, 0.2) is 5.82 Å². The molecule has 3 rings (SSSR count). The number of aromatic amines is 1. The quantitative estimate of drug-likeness (QED) is 0.835. The Balaban J connectivity index is 2.19. The Morgan fingerprint density at radius 1 is 1.28 bits per heavy atom. The number of rotatable bonds is 5. The van der Waals surface area contributed by atoms with E-state index in [0.29, 0.717) is 23.5 Å². The van der Waals surface area contributed by atoms with Gasteiger partial charge < -0.3 is 4.74 Å². The van der Waals surface area contributed by atoms with Crippen molar-refractivity contribution in [1.82, 2.24) is 10.2 Å². The van der Waals surface area contributed by atoms with Crippen LogP contribution in [0, 0.1) is 17.6 Å². The van der Waals surface area contributed by atoms with E-state index in [9.17, 15) is 13.6 Å². The van der Waals surface area contributed by atoms with Gasteiger partial charge in [0.05, 0.1) is 12.8 Å². The lowest BCUT2D eigenvalue weighted by atomic mass is 9.76. The molecule has 2 heterocycles. The number of halogens is 2. The summed E-state index contributed by atoms with van der Waals surface area (Å²) < 4.78 is 33.5. The van der Waals surface area contributed by atoms with Crippen molar-refractivity contribution in [2.75, 3.05) is 6.61 Å². The van der Waals surface area contributed by atoms with Gasteiger partial charge in [-0.25, -0.2) is 13.8 Å². The first-order valence-electron chi connectivity index (χ1n) is 8.29. The van der Waals surface area contributed by atoms with Gasteiger partial charge in [-0.3, -0.25) is 9.89 Å². The second kappa shape index (κ2) is 7.13. The predicted octanol–water partition coefficient (Wildman–Crippen LogP) is 3.89. The first-order valence-corrected chi connectivity index (χ1v) is 8.29. The highest BCUT2D eigenvalue weighted by Crippen LogP contribution is 2.43. The van der Waals surface area contributed by atoms with Gasteiger partial charge in [-0.15, -0.1) is 0 Å². The number of carbonyl (C=O) groups is 1. The molecule has 7 heteroatoms. The zero-order chi connectivity index (χ0) is 18.0. The molecule has 2 unspecified atom stereocenters. The molecular formula is C18H19F2N3O2. The van der Waals surface area contributed by atoms with Gasteiger partial charge in [0.2, 0.25) is 0 Å². The number of hydrogen-bond donors (Lipinski definition) is 1. The second-order valence-corrected chi connectivity index (χ2v) is 5.90. The van der Waals surface area contributed by atoms with Gasteiger partial charge in [-0.2, -0.15) is 5.10 Å². The van der Waals surface area contributed by atoms with Gasteiger partial charge in [-0.1, -0.05) is 13.3 Å². The molecule has 0 bridgehead atoms. The van der Waals surface area contributed by atoms with Crippen molar-refractivity contribution in [3.63, 3.8) is 0 Å². The van der Waals surface area contributed by atoms with E-state index in [1.54, 1.807) is 6.92 Å². The molecule has 2 aromatic rings. The van der Waals surface area contributed by atoms with Gasteiger partial charge in [0.1, 0.15) is 17.6 Å². The molecule has 0 saturated heterocycles. The summed E-state index contributed by atoms with van der Waals surface area (Å²) in [4.78, 5) is 17.1. The Hall–Kier alpha value is -2.57. The third kappa shape index (κ3) is 3.18. The van der Waals surface area contributed by atoms with E-state index in [2.05, 4.69) is 15.2 Å². The molecule has 132 valence electrons. The normalized spacial score (nSPS) is 19.3. The molecule has 2 atom stereocenters. The van der Waals surface area contributed by atoms with Crippen LogP contribution >= 0.6 is 0 Å². The van der Waals surface area contributed by atoms with E-state index in [-0.39, 0.29) is 12.2 Å². The minimum atomic E-state index is -0.804. The van der Waals surface area contributed by atoms with Crippen molar-refractivity contribution in [2.24, 2.45) is 10.9 Å². The maximum atomic E-state index is 14.5. The summed E-state index contributed by atoms with van der Waals surface area (Å²) in [6.45, 7) is 3.87. The van der Waals surface area contributed by atoms with E-state index < -0.39 is 29.4 Å². The molecule has 5 nitrogen and oxygen atoms in total. The maximum Gasteiger partial charge on any atom is 0.315 e. The maximum absolute atomic E-state index is 14.5. The van der Waals surface area contributed by atoms with Crippen LogP contribution in [-0.4, -0.2) is 28.5 Å². The molecule has 0 amide bonds. The summed E-state index contributed by atoms with van der Waals surface area (Å²) >= 11 is 0. The van der Waals surface area contributed by atoms with Crippen LogP contribution in [0.3, 0.4) is 0 Å². The molecule has 1 aliphatic heterocycles. The number of fused-ring (bicyclic) bond motifs is 1.